The Kier molecular flexibility index (Phi) is 4.60. The Balaban J connectivity index is 2.26. The molecular weight excluding hydrogens is 290 g/mol. The van der Waals surface area contributed by atoms with E-state index in [-0.39, 0.29) is 5.91 Å². The second-order valence-corrected chi connectivity index (χ2v) is 4.92. The number of methoxy groups -OCH3 is 1. The van der Waals surface area contributed by atoms with Crippen LogP contribution in [-0.2, 0) is 4.74 Å². The van der Waals surface area contributed by atoms with Crippen molar-refractivity contribution in [1.29, 1.82) is 0 Å². The van der Waals surface area contributed by atoms with Gasteiger partial charge in [-0.2, -0.15) is 0 Å². The van der Waals surface area contributed by atoms with Gasteiger partial charge in [0.1, 0.15) is 0 Å². The lowest BCUT2D eigenvalue weighted by atomic mass is 10.1. The van der Waals surface area contributed by atoms with Crippen LogP contribution in [0.3, 0.4) is 0 Å². The molecule has 0 aromatic heterocycles. The second kappa shape index (κ2) is 6.41. The highest BCUT2D eigenvalue weighted by molar-refractivity contribution is 6.31. The third-order valence-corrected chi connectivity index (χ3v) is 3.23. The molecule has 0 saturated carbocycles. The zero-order valence-electron chi connectivity index (χ0n) is 11.6. The molecule has 0 bridgehead atoms. The summed E-state index contributed by atoms with van der Waals surface area (Å²) in [6.07, 6.45) is 0. The number of nitrogens with one attached hydrogen (secondary N) is 1. The van der Waals surface area contributed by atoms with Crippen LogP contribution in [0, 0.1) is 6.92 Å². The van der Waals surface area contributed by atoms with Crippen LogP contribution in [0.15, 0.2) is 42.5 Å². The maximum atomic E-state index is 12.2. The molecule has 2 aromatic rings. The lowest BCUT2D eigenvalue weighted by molar-refractivity contribution is 0.0600. The molecule has 5 heteroatoms. The van der Waals surface area contributed by atoms with Gasteiger partial charge in [-0.1, -0.05) is 23.7 Å². The average molecular weight is 304 g/mol. The first-order chi connectivity index (χ1) is 10.0. The first-order valence-corrected chi connectivity index (χ1v) is 6.65. The van der Waals surface area contributed by atoms with Gasteiger partial charge in [0.15, 0.2) is 0 Å². The molecule has 2 aromatic carbocycles. The molecule has 0 aliphatic heterocycles. The predicted octanol–water partition coefficient (Wildman–Crippen LogP) is 3.69. The molecule has 0 aliphatic carbocycles. The van der Waals surface area contributed by atoms with Crippen LogP contribution in [0.5, 0.6) is 0 Å². The van der Waals surface area contributed by atoms with Crippen molar-refractivity contribution in [2.24, 2.45) is 0 Å². The standard InChI is InChI=1S/C16H14ClNO3/c1-10-6-7-12(16(20)21-2)9-14(10)18-15(19)11-4-3-5-13(17)8-11/h3-9H,1-2H3,(H,18,19). The number of halogens is 1. The Morgan fingerprint density at radius 1 is 1.10 bits per heavy atom. The second-order valence-electron chi connectivity index (χ2n) is 4.49. The first-order valence-electron chi connectivity index (χ1n) is 6.27. The van der Waals surface area contributed by atoms with Gasteiger partial charge in [0.05, 0.1) is 12.7 Å². The van der Waals surface area contributed by atoms with Crippen molar-refractivity contribution in [2.75, 3.05) is 12.4 Å². The van der Waals surface area contributed by atoms with Crippen molar-refractivity contribution in [1.82, 2.24) is 0 Å². The van der Waals surface area contributed by atoms with E-state index in [0.717, 1.165) is 5.56 Å². The summed E-state index contributed by atoms with van der Waals surface area (Å²) in [4.78, 5) is 23.7. The van der Waals surface area contributed by atoms with Crippen LogP contribution in [0.2, 0.25) is 5.02 Å². The van der Waals surface area contributed by atoms with Crippen molar-refractivity contribution in [2.45, 2.75) is 6.92 Å². The maximum Gasteiger partial charge on any atom is 0.337 e. The van der Waals surface area contributed by atoms with Gasteiger partial charge in [-0.15, -0.1) is 0 Å². The number of amides is 1. The number of anilines is 1. The zero-order chi connectivity index (χ0) is 15.4. The Hall–Kier alpha value is -2.33. The summed E-state index contributed by atoms with van der Waals surface area (Å²) in [5.41, 5.74) is 2.23. The highest BCUT2D eigenvalue weighted by Gasteiger charge is 2.11. The van der Waals surface area contributed by atoms with Crippen LogP contribution < -0.4 is 5.32 Å². The minimum Gasteiger partial charge on any atom is -0.465 e. The molecular formula is C16H14ClNO3. The molecule has 108 valence electrons. The fourth-order valence-corrected chi connectivity index (χ4v) is 2.02. The number of carbonyl (C=O) groups is 2. The number of hydrogen-bond acceptors (Lipinski definition) is 3. The van der Waals surface area contributed by atoms with E-state index in [1.807, 2.05) is 6.92 Å². The molecule has 0 spiro atoms. The summed E-state index contributed by atoms with van der Waals surface area (Å²) in [6.45, 7) is 1.84. The van der Waals surface area contributed by atoms with Gasteiger partial charge in [-0.3, -0.25) is 4.79 Å². The summed E-state index contributed by atoms with van der Waals surface area (Å²) >= 11 is 5.87. The van der Waals surface area contributed by atoms with Gasteiger partial charge in [-0.05, 0) is 42.8 Å². The molecule has 0 unspecified atom stereocenters. The van der Waals surface area contributed by atoms with E-state index >= 15 is 0 Å². The van der Waals surface area contributed by atoms with Crippen molar-refractivity contribution in [3.63, 3.8) is 0 Å². The molecule has 4 nitrogen and oxygen atoms in total. The maximum absolute atomic E-state index is 12.2. The first kappa shape index (κ1) is 15.1. The fourth-order valence-electron chi connectivity index (χ4n) is 1.83. The van der Waals surface area contributed by atoms with Crippen LogP contribution >= 0.6 is 11.6 Å². The third-order valence-electron chi connectivity index (χ3n) is 2.99. The smallest absolute Gasteiger partial charge is 0.337 e. The Bertz CT molecular complexity index is 698. The molecule has 0 atom stereocenters. The molecule has 2 rings (SSSR count). The summed E-state index contributed by atoms with van der Waals surface area (Å²) < 4.78 is 4.67. The topological polar surface area (TPSA) is 55.4 Å². The number of ether oxygens (including phenoxy) is 1. The minimum atomic E-state index is -0.451. The van der Waals surface area contributed by atoms with E-state index in [1.165, 1.54) is 7.11 Å². The van der Waals surface area contributed by atoms with Gasteiger partial charge in [0, 0.05) is 16.3 Å². The number of carbonyl (C=O) groups excluding carboxylic acids is 2. The highest BCUT2D eigenvalue weighted by atomic mass is 35.5. The van der Waals surface area contributed by atoms with E-state index in [0.29, 0.717) is 21.8 Å². The molecule has 0 radical (unpaired) electrons. The Labute approximate surface area is 127 Å². The fraction of sp³-hybridized carbons (Fsp3) is 0.125. The highest BCUT2D eigenvalue weighted by Crippen LogP contribution is 2.19. The summed E-state index contributed by atoms with van der Waals surface area (Å²) in [6, 6.07) is 11.6. The minimum absolute atomic E-state index is 0.289. The van der Waals surface area contributed by atoms with Crippen LogP contribution in [0.4, 0.5) is 5.69 Å². The van der Waals surface area contributed by atoms with Gasteiger partial charge >= 0.3 is 5.97 Å². The number of hydrogen-bond donors (Lipinski definition) is 1. The molecule has 0 aliphatic rings. The number of rotatable bonds is 3. The third kappa shape index (κ3) is 3.61. The van der Waals surface area contributed by atoms with Gasteiger partial charge in [0.2, 0.25) is 0 Å². The lowest BCUT2D eigenvalue weighted by Crippen LogP contribution is -2.13. The van der Waals surface area contributed by atoms with Gasteiger partial charge in [-0.25, -0.2) is 4.79 Å². The van der Waals surface area contributed by atoms with E-state index in [2.05, 4.69) is 10.1 Å². The summed E-state index contributed by atoms with van der Waals surface area (Å²) in [7, 11) is 1.31. The number of benzene rings is 2. The van der Waals surface area contributed by atoms with Gasteiger partial charge < -0.3 is 10.1 Å². The molecule has 1 N–H and O–H groups in total. The van der Waals surface area contributed by atoms with Crippen LogP contribution in [0.25, 0.3) is 0 Å². The molecule has 0 saturated heterocycles. The van der Waals surface area contributed by atoms with Crippen molar-refractivity contribution in [3.05, 3.63) is 64.2 Å². The molecule has 21 heavy (non-hydrogen) atoms. The molecule has 0 heterocycles. The summed E-state index contributed by atoms with van der Waals surface area (Å²) in [5, 5.41) is 3.26. The monoisotopic (exact) mass is 303 g/mol. The average Bonchev–Trinajstić information content (AvgIpc) is 2.48. The van der Waals surface area contributed by atoms with Crippen molar-refractivity contribution in [3.8, 4) is 0 Å². The van der Waals surface area contributed by atoms with Gasteiger partial charge in [0.25, 0.3) is 5.91 Å². The predicted molar refractivity (Wildman–Crippen MR) is 81.9 cm³/mol. The SMILES string of the molecule is COC(=O)c1ccc(C)c(NC(=O)c2cccc(Cl)c2)c1. The van der Waals surface area contributed by atoms with Crippen molar-refractivity contribution < 1.29 is 14.3 Å². The van der Waals surface area contributed by atoms with E-state index in [4.69, 9.17) is 11.6 Å². The quantitative estimate of drug-likeness (QED) is 0.880. The Morgan fingerprint density at radius 3 is 2.52 bits per heavy atom. The van der Waals surface area contributed by atoms with Crippen LogP contribution in [-0.4, -0.2) is 19.0 Å². The van der Waals surface area contributed by atoms with E-state index in [9.17, 15) is 9.59 Å². The normalized spacial score (nSPS) is 10.0. The molecule has 1 amide bonds. The zero-order valence-corrected chi connectivity index (χ0v) is 12.4. The number of esters is 1. The van der Waals surface area contributed by atoms with E-state index < -0.39 is 5.97 Å². The molecule has 0 fully saturated rings. The Morgan fingerprint density at radius 2 is 1.86 bits per heavy atom. The summed E-state index contributed by atoms with van der Waals surface area (Å²) in [5.74, 6) is -0.740. The largest absolute Gasteiger partial charge is 0.465 e. The number of aryl methyl sites for hydroxylation is 1. The van der Waals surface area contributed by atoms with Crippen molar-refractivity contribution >= 4 is 29.2 Å². The lowest BCUT2D eigenvalue weighted by Gasteiger charge is -2.10. The van der Waals surface area contributed by atoms with Crippen LogP contribution in [0.1, 0.15) is 26.3 Å². The van der Waals surface area contributed by atoms with E-state index in [1.54, 1.807) is 42.5 Å².